The monoisotopic (exact) mass is 257 g/mol. The quantitative estimate of drug-likeness (QED) is 0.879. The molecule has 0 aromatic carbocycles. The number of nitrogens with zero attached hydrogens (tertiary/aromatic N) is 2. The largest absolute Gasteiger partial charge is 0.314 e. The first-order chi connectivity index (χ1) is 7.73. The summed E-state index contributed by atoms with van der Waals surface area (Å²) in [5.41, 5.74) is 2.21. The lowest BCUT2D eigenvalue weighted by Gasteiger charge is -2.26. The molecule has 1 rings (SSSR count). The third kappa shape index (κ3) is 4.00. The molecule has 1 aromatic rings. The van der Waals surface area contributed by atoms with Gasteiger partial charge in [-0.05, 0) is 18.8 Å². The van der Waals surface area contributed by atoms with Crippen molar-refractivity contribution in [2.75, 3.05) is 6.54 Å². The van der Waals surface area contributed by atoms with Crippen LogP contribution in [0.4, 0.5) is 0 Å². The second-order valence-electron chi connectivity index (χ2n) is 5.85. The highest BCUT2D eigenvalue weighted by atomic mass is 35.5. The van der Waals surface area contributed by atoms with E-state index in [4.69, 9.17) is 11.6 Å². The fourth-order valence-electron chi connectivity index (χ4n) is 1.87. The number of rotatable bonds is 5. The summed E-state index contributed by atoms with van der Waals surface area (Å²) in [6.45, 7) is 11.8. The third-order valence-electron chi connectivity index (χ3n) is 2.90. The molecule has 98 valence electrons. The van der Waals surface area contributed by atoms with Gasteiger partial charge in [-0.3, -0.25) is 4.68 Å². The molecule has 0 fully saturated rings. The third-order valence-corrected chi connectivity index (χ3v) is 3.39. The predicted molar refractivity (Wildman–Crippen MR) is 73.6 cm³/mol. The lowest BCUT2D eigenvalue weighted by Crippen LogP contribution is -2.35. The summed E-state index contributed by atoms with van der Waals surface area (Å²) in [5.74, 6) is 0. The highest BCUT2D eigenvalue weighted by Crippen LogP contribution is 2.27. The van der Waals surface area contributed by atoms with Crippen LogP contribution in [-0.4, -0.2) is 22.4 Å². The molecule has 0 saturated carbocycles. The summed E-state index contributed by atoms with van der Waals surface area (Å²) in [6.07, 6.45) is 0.933. The molecule has 0 unspecified atom stereocenters. The molecule has 0 radical (unpaired) electrons. The minimum absolute atomic E-state index is 0.175. The van der Waals surface area contributed by atoms with E-state index in [1.807, 2.05) is 18.7 Å². The van der Waals surface area contributed by atoms with Crippen molar-refractivity contribution in [3.63, 3.8) is 0 Å². The van der Waals surface area contributed by atoms with Gasteiger partial charge in [0.2, 0.25) is 0 Å². The van der Waals surface area contributed by atoms with E-state index in [1.54, 1.807) is 0 Å². The van der Waals surface area contributed by atoms with Crippen molar-refractivity contribution in [2.24, 2.45) is 12.5 Å². The first-order valence-corrected chi connectivity index (χ1v) is 6.52. The Morgan fingerprint density at radius 2 is 2.00 bits per heavy atom. The topological polar surface area (TPSA) is 29.9 Å². The fraction of sp³-hybridized carbons (Fsp3) is 0.769. The Labute approximate surface area is 110 Å². The second-order valence-corrected chi connectivity index (χ2v) is 6.22. The van der Waals surface area contributed by atoms with Crippen molar-refractivity contribution >= 4 is 11.6 Å². The summed E-state index contributed by atoms with van der Waals surface area (Å²) in [6, 6.07) is 0.512. The average Bonchev–Trinajstić information content (AvgIpc) is 2.42. The maximum Gasteiger partial charge on any atom is 0.0847 e. The number of hydrogen-bond donors (Lipinski definition) is 1. The molecule has 0 spiro atoms. The van der Waals surface area contributed by atoms with E-state index in [2.05, 4.69) is 38.1 Å². The molecular weight excluding hydrogens is 234 g/mol. The minimum atomic E-state index is 0.175. The highest BCUT2D eigenvalue weighted by molar-refractivity contribution is 6.31. The zero-order valence-electron chi connectivity index (χ0n) is 11.8. The molecule has 3 nitrogen and oxygen atoms in total. The fourth-order valence-corrected chi connectivity index (χ4v) is 2.10. The zero-order valence-corrected chi connectivity index (χ0v) is 12.5. The number of hydrogen-bond acceptors (Lipinski definition) is 2. The number of aromatic nitrogens is 2. The molecule has 0 aliphatic carbocycles. The van der Waals surface area contributed by atoms with E-state index in [9.17, 15) is 0 Å². The van der Waals surface area contributed by atoms with Crippen LogP contribution in [0.1, 0.15) is 39.1 Å². The van der Waals surface area contributed by atoms with Crippen LogP contribution in [0.5, 0.6) is 0 Å². The molecule has 0 aliphatic heterocycles. The van der Waals surface area contributed by atoms with E-state index >= 15 is 0 Å². The van der Waals surface area contributed by atoms with Gasteiger partial charge in [-0.15, -0.1) is 0 Å². The molecule has 0 bridgehead atoms. The Hall–Kier alpha value is -0.540. The molecule has 1 N–H and O–H groups in total. The van der Waals surface area contributed by atoms with Gasteiger partial charge in [0.1, 0.15) is 0 Å². The van der Waals surface area contributed by atoms with Gasteiger partial charge in [-0.2, -0.15) is 5.10 Å². The van der Waals surface area contributed by atoms with Crippen molar-refractivity contribution in [3.8, 4) is 0 Å². The molecule has 0 saturated heterocycles. The van der Waals surface area contributed by atoms with Crippen molar-refractivity contribution < 1.29 is 0 Å². The Morgan fingerprint density at radius 1 is 1.41 bits per heavy atom. The summed E-state index contributed by atoms with van der Waals surface area (Å²) in [5, 5.41) is 8.64. The van der Waals surface area contributed by atoms with Gasteiger partial charge in [0.05, 0.1) is 16.4 Å². The molecule has 0 atom stereocenters. The van der Waals surface area contributed by atoms with E-state index in [0.29, 0.717) is 6.04 Å². The molecule has 1 aromatic heterocycles. The Balaban J connectivity index is 2.75. The van der Waals surface area contributed by atoms with Crippen LogP contribution in [-0.2, 0) is 13.5 Å². The maximum atomic E-state index is 6.28. The smallest absolute Gasteiger partial charge is 0.0847 e. The highest BCUT2D eigenvalue weighted by Gasteiger charge is 2.23. The normalized spacial score (nSPS) is 12.5. The Morgan fingerprint density at radius 3 is 2.41 bits per heavy atom. The minimum Gasteiger partial charge on any atom is -0.314 e. The summed E-state index contributed by atoms with van der Waals surface area (Å²) in [7, 11) is 1.96. The molecular formula is C13H24ClN3. The number of nitrogens with one attached hydrogen (secondary N) is 1. The van der Waals surface area contributed by atoms with E-state index in [-0.39, 0.29) is 5.41 Å². The SMILES string of the molecule is Cc1nn(C)c(CC(C)(C)CNC(C)C)c1Cl. The van der Waals surface area contributed by atoms with Gasteiger partial charge in [0.15, 0.2) is 0 Å². The van der Waals surface area contributed by atoms with Gasteiger partial charge in [0, 0.05) is 19.6 Å². The molecule has 4 heteroatoms. The van der Waals surface area contributed by atoms with E-state index in [0.717, 1.165) is 29.4 Å². The molecule has 0 aliphatic rings. The van der Waals surface area contributed by atoms with Crippen LogP contribution in [0, 0.1) is 12.3 Å². The van der Waals surface area contributed by atoms with Crippen LogP contribution in [0.2, 0.25) is 5.02 Å². The van der Waals surface area contributed by atoms with Crippen LogP contribution < -0.4 is 5.32 Å². The van der Waals surface area contributed by atoms with Crippen LogP contribution in [0.15, 0.2) is 0 Å². The molecule has 0 amide bonds. The average molecular weight is 258 g/mol. The maximum absolute atomic E-state index is 6.28. The van der Waals surface area contributed by atoms with Gasteiger partial charge in [-0.1, -0.05) is 39.3 Å². The van der Waals surface area contributed by atoms with Crippen LogP contribution >= 0.6 is 11.6 Å². The standard InChI is InChI=1S/C13H24ClN3/c1-9(2)15-8-13(4,5)7-11-12(14)10(3)16-17(11)6/h9,15H,7-8H2,1-6H3. The lowest BCUT2D eigenvalue weighted by atomic mass is 9.87. The lowest BCUT2D eigenvalue weighted by molar-refractivity contribution is 0.318. The summed E-state index contributed by atoms with van der Waals surface area (Å²) < 4.78 is 1.90. The van der Waals surface area contributed by atoms with Crippen molar-refractivity contribution in [1.82, 2.24) is 15.1 Å². The van der Waals surface area contributed by atoms with Crippen molar-refractivity contribution in [2.45, 2.75) is 47.1 Å². The number of halogens is 1. The zero-order chi connectivity index (χ0) is 13.2. The summed E-state index contributed by atoms with van der Waals surface area (Å²) >= 11 is 6.28. The van der Waals surface area contributed by atoms with Gasteiger partial charge < -0.3 is 5.32 Å². The van der Waals surface area contributed by atoms with E-state index in [1.165, 1.54) is 0 Å². The van der Waals surface area contributed by atoms with Crippen LogP contribution in [0.3, 0.4) is 0 Å². The Bertz CT molecular complexity index is 380. The van der Waals surface area contributed by atoms with Crippen LogP contribution in [0.25, 0.3) is 0 Å². The van der Waals surface area contributed by atoms with Crippen molar-refractivity contribution in [1.29, 1.82) is 0 Å². The summed E-state index contributed by atoms with van der Waals surface area (Å²) in [4.78, 5) is 0. The molecule has 1 heterocycles. The number of aryl methyl sites for hydroxylation is 2. The predicted octanol–water partition coefficient (Wildman–Crippen LogP) is 2.95. The van der Waals surface area contributed by atoms with E-state index < -0.39 is 0 Å². The second kappa shape index (κ2) is 5.40. The van der Waals surface area contributed by atoms with Gasteiger partial charge in [0.25, 0.3) is 0 Å². The molecule has 17 heavy (non-hydrogen) atoms. The van der Waals surface area contributed by atoms with Gasteiger partial charge in [-0.25, -0.2) is 0 Å². The van der Waals surface area contributed by atoms with Gasteiger partial charge >= 0.3 is 0 Å². The first-order valence-electron chi connectivity index (χ1n) is 6.14. The van der Waals surface area contributed by atoms with Crippen molar-refractivity contribution in [3.05, 3.63) is 16.4 Å². The Kier molecular flexibility index (Phi) is 4.62. The first kappa shape index (κ1) is 14.5.